The Kier molecular flexibility index (Phi) is 13.4. The molecule has 10 heteroatoms. The summed E-state index contributed by atoms with van der Waals surface area (Å²) in [5.41, 5.74) is 2.40. The molecule has 0 N–H and O–H groups in total. The monoisotopic (exact) mass is 846 g/mol. The number of hydrogen-bond donors (Lipinski definition) is 0. The molecule has 2 aromatic rings. The zero-order chi connectivity index (χ0) is 43.2. The topological polar surface area (TPSA) is 83.5 Å². The summed E-state index contributed by atoms with van der Waals surface area (Å²) in [6.45, 7) is 30.5. The highest BCUT2D eigenvalue weighted by atomic mass is 28.4. The molecule has 1 aliphatic carbocycles. The Labute approximate surface area is 358 Å². The molecular weight excluding hydrogens is 771 g/mol. The lowest BCUT2D eigenvalue weighted by Crippen LogP contribution is -2.58. The maximum absolute atomic E-state index is 15.6. The van der Waals surface area contributed by atoms with Gasteiger partial charge >= 0.3 is 6.09 Å². The third kappa shape index (κ3) is 9.73. The maximum atomic E-state index is 15.6. The molecule has 1 spiro atoms. The number of amides is 2. The number of imide groups is 1. The van der Waals surface area contributed by atoms with Gasteiger partial charge in [0.2, 0.25) is 5.91 Å². The van der Waals surface area contributed by atoms with E-state index in [0.29, 0.717) is 45.3 Å². The average Bonchev–Trinajstić information content (AvgIpc) is 3.45. The number of aryl methyl sites for hydroxylation is 1. The fraction of sp³-hybridized carbons (Fsp3) is 0.673. The van der Waals surface area contributed by atoms with Gasteiger partial charge in [-0.05, 0) is 96.4 Å². The van der Waals surface area contributed by atoms with Crippen molar-refractivity contribution in [2.75, 3.05) is 13.2 Å². The predicted molar refractivity (Wildman–Crippen MR) is 241 cm³/mol. The zero-order valence-electron chi connectivity index (χ0n) is 38.6. The van der Waals surface area contributed by atoms with E-state index in [4.69, 9.17) is 23.1 Å². The van der Waals surface area contributed by atoms with Crippen LogP contribution in [0.3, 0.4) is 0 Å². The van der Waals surface area contributed by atoms with Crippen LogP contribution < -0.4 is 0 Å². The minimum absolute atomic E-state index is 0.00677. The number of carbonyl (C=O) groups is 2. The highest BCUT2D eigenvalue weighted by Crippen LogP contribution is 2.57. The van der Waals surface area contributed by atoms with Crippen molar-refractivity contribution in [2.24, 2.45) is 29.1 Å². The summed E-state index contributed by atoms with van der Waals surface area (Å²) < 4.78 is 35.1. The molecular formula is C49H75NO7Si2. The normalized spacial score (nSPS) is 31.9. The van der Waals surface area contributed by atoms with Crippen molar-refractivity contribution in [3.8, 4) is 0 Å². The highest BCUT2D eigenvalue weighted by Gasteiger charge is 2.65. The van der Waals surface area contributed by atoms with E-state index < -0.39 is 46.1 Å². The van der Waals surface area contributed by atoms with Gasteiger partial charge in [-0.25, -0.2) is 9.69 Å². The Hall–Kier alpha value is -2.61. The van der Waals surface area contributed by atoms with Gasteiger partial charge in [0.05, 0.1) is 24.2 Å². The predicted octanol–water partition coefficient (Wildman–Crippen LogP) is 11.7. The van der Waals surface area contributed by atoms with Crippen molar-refractivity contribution < 1.29 is 32.7 Å². The number of carbonyl (C=O) groups excluding carboxylic acids is 2. The quantitative estimate of drug-likeness (QED) is 0.164. The van der Waals surface area contributed by atoms with Crippen LogP contribution in [-0.2, 0) is 40.9 Å². The molecule has 0 aromatic heterocycles. The minimum atomic E-state index is -2.27. The van der Waals surface area contributed by atoms with Gasteiger partial charge < -0.3 is 23.1 Å². The van der Waals surface area contributed by atoms with Gasteiger partial charge in [0.25, 0.3) is 0 Å². The first-order valence-corrected chi connectivity index (χ1v) is 28.2. The van der Waals surface area contributed by atoms with Gasteiger partial charge in [-0.1, -0.05) is 129 Å². The Morgan fingerprint density at radius 2 is 1.37 bits per heavy atom. The highest BCUT2D eigenvalue weighted by molar-refractivity contribution is 6.74. The van der Waals surface area contributed by atoms with Crippen molar-refractivity contribution in [1.82, 2.24) is 4.90 Å². The van der Waals surface area contributed by atoms with E-state index in [1.165, 1.54) is 16.0 Å². The molecule has 3 fully saturated rings. The van der Waals surface area contributed by atoms with Crippen LogP contribution in [0.4, 0.5) is 4.79 Å². The second-order valence-corrected chi connectivity index (χ2v) is 31.3. The molecule has 2 aromatic carbocycles. The van der Waals surface area contributed by atoms with Gasteiger partial charge in [0.15, 0.2) is 22.4 Å². The van der Waals surface area contributed by atoms with Crippen LogP contribution in [-0.4, -0.2) is 70.8 Å². The first kappa shape index (κ1) is 45.9. The summed E-state index contributed by atoms with van der Waals surface area (Å²) in [6.07, 6.45) is 4.83. The lowest BCUT2D eigenvalue weighted by molar-refractivity contribution is -0.227. The Bertz CT molecular complexity index is 1800. The number of fused-ring (bicyclic) bond motifs is 2. The standard InChI is InChI=1S/C49H75NO7Si2/c1-34-29-48(44(51)50(31-36(34)3)45(52)53-32-38-22-18-15-19-23-38)26-24-39(33-54-58(10,11)46(4,5)6)28-40(48)42-43-41(57-59(12,13)47(7,8)9)35(2)30-49(55-42,56-43)27-25-37-20-16-14-17-21-37/h14-23,28,34-36,40-43H,24-27,29-33H2,1-13H3/t34-,35+,36-,40+,41+,42-,43+,48+,49-/m0/s1. The molecule has 6 rings (SSSR count). The fourth-order valence-electron chi connectivity index (χ4n) is 9.31. The first-order chi connectivity index (χ1) is 27.5. The first-order valence-electron chi connectivity index (χ1n) is 22.4. The van der Waals surface area contributed by atoms with Crippen molar-refractivity contribution in [3.63, 3.8) is 0 Å². The average molecular weight is 846 g/mol. The molecule has 2 amide bonds. The molecule has 59 heavy (non-hydrogen) atoms. The Morgan fingerprint density at radius 1 is 0.780 bits per heavy atom. The molecule has 0 radical (unpaired) electrons. The molecule has 326 valence electrons. The van der Waals surface area contributed by atoms with E-state index in [2.05, 4.69) is 125 Å². The summed E-state index contributed by atoms with van der Waals surface area (Å²) in [4.78, 5) is 31.3. The van der Waals surface area contributed by atoms with Gasteiger partial charge in [-0.15, -0.1) is 0 Å². The van der Waals surface area contributed by atoms with Gasteiger partial charge in [-0.2, -0.15) is 0 Å². The van der Waals surface area contributed by atoms with E-state index >= 15 is 4.79 Å². The molecule has 3 saturated heterocycles. The second-order valence-electron chi connectivity index (χ2n) is 21.8. The smallest absolute Gasteiger partial charge is 0.416 e. The van der Waals surface area contributed by atoms with Crippen molar-refractivity contribution >= 4 is 28.6 Å². The molecule has 3 heterocycles. The lowest BCUT2D eigenvalue weighted by atomic mass is 9.60. The zero-order valence-corrected chi connectivity index (χ0v) is 40.6. The molecule has 0 saturated carbocycles. The van der Waals surface area contributed by atoms with Crippen molar-refractivity contribution in [2.45, 2.75) is 168 Å². The number of ether oxygens (including phenoxy) is 3. The van der Waals surface area contributed by atoms with Gasteiger partial charge in [-0.3, -0.25) is 4.79 Å². The van der Waals surface area contributed by atoms with E-state index in [-0.39, 0.29) is 52.4 Å². The summed E-state index contributed by atoms with van der Waals surface area (Å²) >= 11 is 0. The molecule has 9 atom stereocenters. The number of nitrogens with zero attached hydrogens (tertiary/aromatic N) is 1. The van der Waals surface area contributed by atoms with Crippen molar-refractivity contribution in [1.29, 1.82) is 0 Å². The van der Waals surface area contributed by atoms with Crippen LogP contribution in [0, 0.1) is 29.1 Å². The lowest BCUT2D eigenvalue weighted by Gasteiger charge is -2.48. The third-order valence-corrected chi connectivity index (χ3v) is 24.3. The Balaban J connectivity index is 1.44. The fourth-order valence-corrected chi connectivity index (χ4v) is 11.7. The molecule has 3 aliphatic heterocycles. The van der Waals surface area contributed by atoms with E-state index in [0.717, 1.165) is 12.0 Å². The van der Waals surface area contributed by atoms with Crippen LogP contribution in [0.15, 0.2) is 72.3 Å². The number of benzene rings is 2. The second kappa shape index (κ2) is 17.3. The number of hydrogen-bond acceptors (Lipinski definition) is 7. The van der Waals surface area contributed by atoms with Crippen LogP contribution in [0.5, 0.6) is 0 Å². The maximum Gasteiger partial charge on any atom is 0.416 e. The van der Waals surface area contributed by atoms with Crippen LogP contribution in [0.2, 0.25) is 36.3 Å². The molecule has 8 nitrogen and oxygen atoms in total. The van der Waals surface area contributed by atoms with Crippen molar-refractivity contribution in [3.05, 3.63) is 83.4 Å². The van der Waals surface area contributed by atoms with Crippen LogP contribution in [0.1, 0.15) is 106 Å². The van der Waals surface area contributed by atoms with E-state index in [1.54, 1.807) is 0 Å². The van der Waals surface area contributed by atoms with Gasteiger partial charge in [0, 0.05) is 25.3 Å². The van der Waals surface area contributed by atoms with E-state index in [9.17, 15) is 4.79 Å². The third-order valence-electron chi connectivity index (χ3n) is 15.4. The van der Waals surface area contributed by atoms with Crippen LogP contribution in [0.25, 0.3) is 0 Å². The summed E-state index contributed by atoms with van der Waals surface area (Å²) in [6, 6.07) is 20.2. The summed E-state index contributed by atoms with van der Waals surface area (Å²) in [5, 5.41) is 0.0501. The minimum Gasteiger partial charge on any atom is -0.444 e. The summed E-state index contributed by atoms with van der Waals surface area (Å²) in [7, 11) is -4.35. The molecule has 0 unspecified atom stereocenters. The largest absolute Gasteiger partial charge is 0.444 e. The van der Waals surface area contributed by atoms with Gasteiger partial charge in [0.1, 0.15) is 12.7 Å². The summed E-state index contributed by atoms with van der Waals surface area (Å²) in [5.74, 6) is -0.944. The number of likely N-dealkylation sites (tertiary alicyclic amines) is 1. The van der Waals surface area contributed by atoms with Crippen LogP contribution >= 0.6 is 0 Å². The SMILES string of the molecule is C[C@@H]1C[C@]2(CCc3ccccc3)O[C@@H]([C@H]([C@H]3C=C(CO[Si](C)(C)C(C)(C)C)CC[C@@]34C[C@H](C)[C@@H](C)CN(C(=O)OCc3ccccc3)C4=O)O2)[C@@H]1O[Si](C)(C)C(C)(C)C. The molecule has 4 aliphatic rings. The Morgan fingerprint density at radius 3 is 1.98 bits per heavy atom. The number of rotatable bonds is 11. The molecule has 2 bridgehead atoms. The van der Waals surface area contributed by atoms with E-state index in [1.807, 2.05) is 30.3 Å².